The predicted octanol–water partition coefficient (Wildman–Crippen LogP) is 3.01. The minimum atomic E-state index is -4.45. The van der Waals surface area contributed by atoms with Crippen LogP contribution in [0.4, 0.5) is 13.2 Å². The van der Waals surface area contributed by atoms with Crippen molar-refractivity contribution in [3.05, 3.63) is 23.8 Å². The molecule has 2 nitrogen and oxygen atoms in total. The zero-order valence-corrected chi connectivity index (χ0v) is 7.97. The van der Waals surface area contributed by atoms with Crippen LogP contribution in [0.15, 0.2) is 12.4 Å². The maximum atomic E-state index is 12.1. The summed E-state index contributed by atoms with van der Waals surface area (Å²) in [5.41, 5.74) is 0.737. The van der Waals surface area contributed by atoms with E-state index >= 15 is 0 Å². The third kappa shape index (κ3) is 2.43. The van der Waals surface area contributed by atoms with E-state index in [0.717, 1.165) is 12.0 Å². The average Bonchev–Trinajstić information content (AvgIpc) is 2.15. The van der Waals surface area contributed by atoms with Crippen LogP contribution in [0.3, 0.4) is 0 Å². The molecule has 14 heavy (non-hydrogen) atoms. The van der Waals surface area contributed by atoms with Gasteiger partial charge in [-0.05, 0) is 17.9 Å². The quantitative estimate of drug-likeness (QED) is 0.740. The van der Waals surface area contributed by atoms with Gasteiger partial charge in [0.2, 0.25) is 5.82 Å². The second-order valence-corrected chi connectivity index (χ2v) is 3.15. The number of hydrogen-bond acceptors (Lipinski definition) is 2. The molecule has 0 amide bonds. The maximum absolute atomic E-state index is 12.1. The highest BCUT2D eigenvalue weighted by atomic mass is 19.4. The molecule has 5 heteroatoms. The van der Waals surface area contributed by atoms with Gasteiger partial charge in [-0.2, -0.15) is 13.2 Å². The highest BCUT2D eigenvalue weighted by molar-refractivity contribution is 5.11. The largest absolute Gasteiger partial charge is 0.451 e. The molecule has 0 spiro atoms. The molecule has 1 aromatic rings. The Morgan fingerprint density at radius 2 is 1.79 bits per heavy atom. The summed E-state index contributed by atoms with van der Waals surface area (Å²) in [6.45, 7) is 3.88. The van der Waals surface area contributed by atoms with Gasteiger partial charge < -0.3 is 0 Å². The van der Waals surface area contributed by atoms with Gasteiger partial charge in [0, 0.05) is 12.4 Å². The van der Waals surface area contributed by atoms with Crippen LogP contribution in [0.2, 0.25) is 0 Å². The van der Waals surface area contributed by atoms with Crippen molar-refractivity contribution in [1.82, 2.24) is 9.97 Å². The van der Waals surface area contributed by atoms with Crippen molar-refractivity contribution in [2.75, 3.05) is 0 Å². The van der Waals surface area contributed by atoms with Gasteiger partial charge in [-0.1, -0.05) is 13.8 Å². The first-order valence-electron chi connectivity index (χ1n) is 4.34. The summed E-state index contributed by atoms with van der Waals surface area (Å²) in [7, 11) is 0. The first kappa shape index (κ1) is 10.9. The third-order valence-corrected chi connectivity index (χ3v) is 2.11. The van der Waals surface area contributed by atoms with E-state index in [4.69, 9.17) is 0 Å². The summed E-state index contributed by atoms with van der Waals surface area (Å²) in [5, 5.41) is 0. The van der Waals surface area contributed by atoms with E-state index in [1.165, 1.54) is 12.4 Å². The Labute approximate surface area is 80.2 Å². The Morgan fingerprint density at radius 3 is 2.14 bits per heavy atom. The number of nitrogens with zero attached hydrogens (tertiary/aromatic N) is 2. The van der Waals surface area contributed by atoms with E-state index in [1.807, 2.05) is 13.8 Å². The zero-order chi connectivity index (χ0) is 10.8. The third-order valence-electron chi connectivity index (χ3n) is 2.11. The molecule has 0 saturated carbocycles. The molecule has 0 aliphatic heterocycles. The van der Waals surface area contributed by atoms with Crippen molar-refractivity contribution >= 4 is 0 Å². The van der Waals surface area contributed by atoms with Crippen LogP contribution in [0, 0.1) is 0 Å². The van der Waals surface area contributed by atoms with Crippen LogP contribution in [0.5, 0.6) is 0 Å². The fourth-order valence-corrected chi connectivity index (χ4v) is 0.975. The topological polar surface area (TPSA) is 25.8 Å². The fourth-order valence-electron chi connectivity index (χ4n) is 0.975. The average molecular weight is 204 g/mol. The molecular weight excluding hydrogens is 193 g/mol. The van der Waals surface area contributed by atoms with Crippen LogP contribution >= 0.6 is 0 Å². The SMILES string of the molecule is CCC(C)c1cnc(C(F)(F)F)nc1. The lowest BCUT2D eigenvalue weighted by Gasteiger charge is -2.09. The predicted molar refractivity (Wildman–Crippen MR) is 45.7 cm³/mol. The Morgan fingerprint density at radius 1 is 1.29 bits per heavy atom. The second kappa shape index (κ2) is 3.94. The van der Waals surface area contributed by atoms with Crippen molar-refractivity contribution in [3.8, 4) is 0 Å². The summed E-state index contributed by atoms with van der Waals surface area (Å²) in [5.74, 6) is -0.887. The molecule has 78 valence electrons. The summed E-state index contributed by atoms with van der Waals surface area (Å²) < 4.78 is 36.2. The van der Waals surface area contributed by atoms with E-state index < -0.39 is 12.0 Å². The van der Waals surface area contributed by atoms with E-state index in [9.17, 15) is 13.2 Å². The van der Waals surface area contributed by atoms with Gasteiger partial charge in [-0.15, -0.1) is 0 Å². The highest BCUT2D eigenvalue weighted by Gasteiger charge is 2.34. The lowest BCUT2D eigenvalue weighted by Crippen LogP contribution is -2.11. The van der Waals surface area contributed by atoms with E-state index in [0.29, 0.717) is 0 Å². The molecule has 1 heterocycles. The maximum Gasteiger partial charge on any atom is 0.451 e. The molecular formula is C9H11F3N2. The monoisotopic (exact) mass is 204 g/mol. The Bertz CT molecular complexity index is 292. The fraction of sp³-hybridized carbons (Fsp3) is 0.556. The number of rotatable bonds is 2. The molecule has 0 aliphatic rings. The van der Waals surface area contributed by atoms with Gasteiger partial charge in [0.05, 0.1) is 0 Å². The minimum Gasteiger partial charge on any atom is -0.233 e. The molecule has 0 N–H and O–H groups in total. The standard InChI is InChI=1S/C9H11F3N2/c1-3-6(2)7-4-13-8(14-5-7)9(10,11)12/h4-6H,3H2,1-2H3. The van der Waals surface area contributed by atoms with Gasteiger partial charge in [0.1, 0.15) is 0 Å². The lowest BCUT2D eigenvalue weighted by molar-refractivity contribution is -0.145. The van der Waals surface area contributed by atoms with Crippen molar-refractivity contribution in [1.29, 1.82) is 0 Å². The first-order valence-corrected chi connectivity index (χ1v) is 4.34. The molecule has 1 aromatic heterocycles. The van der Waals surface area contributed by atoms with E-state index in [1.54, 1.807) is 0 Å². The minimum absolute atomic E-state index is 0.192. The van der Waals surface area contributed by atoms with Gasteiger partial charge in [-0.25, -0.2) is 9.97 Å². The lowest BCUT2D eigenvalue weighted by atomic mass is 10.0. The van der Waals surface area contributed by atoms with Crippen molar-refractivity contribution in [2.24, 2.45) is 0 Å². The summed E-state index contributed by atoms with van der Waals surface area (Å²) >= 11 is 0. The van der Waals surface area contributed by atoms with Crippen molar-refractivity contribution in [3.63, 3.8) is 0 Å². The molecule has 0 saturated heterocycles. The van der Waals surface area contributed by atoms with Gasteiger partial charge in [-0.3, -0.25) is 0 Å². The van der Waals surface area contributed by atoms with Gasteiger partial charge in [0.25, 0.3) is 0 Å². The molecule has 1 atom stereocenters. The Kier molecular flexibility index (Phi) is 3.08. The number of halogens is 3. The normalized spacial score (nSPS) is 14.1. The van der Waals surface area contributed by atoms with Gasteiger partial charge in [0.15, 0.2) is 0 Å². The summed E-state index contributed by atoms with van der Waals surface area (Å²) in [6, 6.07) is 0. The van der Waals surface area contributed by atoms with Gasteiger partial charge >= 0.3 is 6.18 Å². The van der Waals surface area contributed by atoms with E-state index in [2.05, 4.69) is 9.97 Å². The van der Waals surface area contributed by atoms with Crippen molar-refractivity contribution in [2.45, 2.75) is 32.4 Å². The number of aromatic nitrogens is 2. The van der Waals surface area contributed by atoms with Crippen LogP contribution in [0.25, 0.3) is 0 Å². The van der Waals surface area contributed by atoms with Crippen LogP contribution in [-0.4, -0.2) is 9.97 Å². The second-order valence-electron chi connectivity index (χ2n) is 3.15. The number of hydrogen-bond donors (Lipinski definition) is 0. The van der Waals surface area contributed by atoms with Crippen LogP contribution in [-0.2, 0) is 6.18 Å². The molecule has 0 bridgehead atoms. The molecule has 0 aliphatic carbocycles. The Balaban J connectivity index is 2.89. The molecule has 0 aromatic carbocycles. The molecule has 0 fully saturated rings. The zero-order valence-electron chi connectivity index (χ0n) is 7.97. The van der Waals surface area contributed by atoms with Crippen LogP contribution < -0.4 is 0 Å². The summed E-state index contributed by atoms with van der Waals surface area (Å²) in [6.07, 6.45) is -1.11. The number of alkyl halides is 3. The molecule has 1 unspecified atom stereocenters. The van der Waals surface area contributed by atoms with Crippen LogP contribution in [0.1, 0.15) is 37.6 Å². The Hall–Kier alpha value is -1.13. The molecule has 0 radical (unpaired) electrons. The molecule has 1 rings (SSSR count). The smallest absolute Gasteiger partial charge is 0.233 e. The summed E-state index contributed by atoms with van der Waals surface area (Å²) in [4.78, 5) is 6.57. The van der Waals surface area contributed by atoms with Crippen molar-refractivity contribution < 1.29 is 13.2 Å². The highest BCUT2D eigenvalue weighted by Crippen LogP contribution is 2.26. The van der Waals surface area contributed by atoms with E-state index in [-0.39, 0.29) is 5.92 Å². The first-order chi connectivity index (χ1) is 6.45.